The second-order valence-corrected chi connectivity index (χ2v) is 6.54. The summed E-state index contributed by atoms with van der Waals surface area (Å²) in [5, 5.41) is 0.733. The van der Waals surface area contributed by atoms with Crippen LogP contribution in [0.5, 0.6) is 5.75 Å². The maximum Gasteiger partial charge on any atom is 0.137 e. The lowest BCUT2D eigenvalue weighted by atomic mass is 10.1. The van der Waals surface area contributed by atoms with E-state index in [0.717, 1.165) is 55.8 Å². The Morgan fingerprint density at radius 2 is 1.90 bits per heavy atom. The summed E-state index contributed by atoms with van der Waals surface area (Å²) < 4.78 is 5.76. The van der Waals surface area contributed by atoms with Crippen molar-refractivity contribution in [3.05, 3.63) is 28.8 Å². The maximum atomic E-state index is 6.31. The Kier molecular flexibility index (Phi) is 6.18. The third-order valence-corrected chi connectivity index (χ3v) is 4.50. The number of nitrogens with two attached hydrogens (primary N) is 1. The van der Waals surface area contributed by atoms with Gasteiger partial charge >= 0.3 is 0 Å². The molecule has 0 atom stereocenters. The molecule has 1 aliphatic carbocycles. The van der Waals surface area contributed by atoms with Gasteiger partial charge < -0.3 is 10.5 Å². The number of hydrogen-bond acceptors (Lipinski definition) is 3. The van der Waals surface area contributed by atoms with E-state index in [1.165, 1.54) is 18.4 Å². The van der Waals surface area contributed by atoms with Crippen LogP contribution in [-0.2, 0) is 6.54 Å². The minimum atomic E-state index is 0. The van der Waals surface area contributed by atoms with E-state index in [-0.39, 0.29) is 12.4 Å². The lowest BCUT2D eigenvalue weighted by Crippen LogP contribution is -2.39. The highest BCUT2D eigenvalue weighted by Gasteiger charge is 2.22. The summed E-state index contributed by atoms with van der Waals surface area (Å²) in [5.41, 5.74) is 7.19. The van der Waals surface area contributed by atoms with E-state index < -0.39 is 0 Å². The van der Waals surface area contributed by atoms with Gasteiger partial charge in [-0.2, -0.15) is 0 Å². The van der Waals surface area contributed by atoms with Crippen LogP contribution in [0.4, 0.5) is 0 Å². The van der Waals surface area contributed by atoms with Crippen molar-refractivity contribution in [1.29, 1.82) is 0 Å². The number of ether oxygens (including phenoxy) is 1. The third kappa shape index (κ3) is 5.03. The summed E-state index contributed by atoms with van der Waals surface area (Å²) in [4.78, 5) is 2.44. The van der Waals surface area contributed by atoms with Gasteiger partial charge in [-0.25, -0.2) is 0 Å². The number of hydrogen-bond donors (Lipinski definition) is 1. The van der Waals surface area contributed by atoms with Gasteiger partial charge in [0.25, 0.3) is 0 Å². The van der Waals surface area contributed by atoms with Crippen LogP contribution in [0.25, 0.3) is 0 Å². The minimum absolute atomic E-state index is 0. The molecular formula is C16H24Cl2N2O. The van der Waals surface area contributed by atoms with E-state index in [0.29, 0.717) is 6.04 Å². The molecule has 1 aromatic carbocycles. The van der Waals surface area contributed by atoms with Crippen LogP contribution < -0.4 is 10.5 Å². The van der Waals surface area contributed by atoms with Crippen LogP contribution >= 0.6 is 24.0 Å². The van der Waals surface area contributed by atoms with E-state index in [1.54, 1.807) is 0 Å². The second kappa shape index (κ2) is 7.68. The first-order valence-electron chi connectivity index (χ1n) is 7.60. The number of piperidine rings is 1. The molecule has 1 heterocycles. The Hall–Kier alpha value is -0.480. The van der Waals surface area contributed by atoms with Crippen LogP contribution in [0.2, 0.25) is 5.02 Å². The lowest BCUT2D eigenvalue weighted by molar-refractivity contribution is 0.205. The zero-order chi connectivity index (χ0) is 13.9. The molecule has 2 fully saturated rings. The zero-order valence-electron chi connectivity index (χ0n) is 12.3. The molecule has 0 radical (unpaired) electrons. The van der Waals surface area contributed by atoms with Gasteiger partial charge in [0.05, 0.1) is 11.6 Å². The summed E-state index contributed by atoms with van der Waals surface area (Å²) in [6, 6.07) is 6.56. The molecule has 21 heavy (non-hydrogen) atoms. The van der Waals surface area contributed by atoms with Gasteiger partial charge in [-0.15, -0.1) is 12.4 Å². The molecule has 1 saturated carbocycles. The van der Waals surface area contributed by atoms with Crippen LogP contribution in [0.3, 0.4) is 0 Å². The first-order valence-corrected chi connectivity index (χ1v) is 7.97. The van der Waals surface area contributed by atoms with Gasteiger partial charge in [-0.1, -0.05) is 17.7 Å². The van der Waals surface area contributed by atoms with E-state index in [2.05, 4.69) is 11.0 Å². The molecule has 0 unspecified atom stereocenters. The first-order chi connectivity index (χ1) is 9.70. The molecule has 0 bridgehead atoms. The Labute approximate surface area is 138 Å². The molecular weight excluding hydrogens is 307 g/mol. The van der Waals surface area contributed by atoms with Crippen molar-refractivity contribution in [3.8, 4) is 5.75 Å². The molecule has 1 aromatic rings. The number of rotatable bonds is 5. The Morgan fingerprint density at radius 1 is 1.19 bits per heavy atom. The minimum Gasteiger partial charge on any atom is -0.492 e. The Balaban J connectivity index is 0.00000161. The van der Waals surface area contributed by atoms with Gasteiger partial charge in [0, 0.05) is 12.6 Å². The normalized spacial score (nSPS) is 20.1. The fourth-order valence-corrected chi connectivity index (χ4v) is 2.88. The number of nitrogens with zero attached hydrogens (tertiary/aromatic N) is 1. The van der Waals surface area contributed by atoms with Crippen molar-refractivity contribution in [2.45, 2.75) is 38.3 Å². The predicted octanol–water partition coefficient (Wildman–Crippen LogP) is 3.47. The molecule has 1 aliphatic heterocycles. The van der Waals surface area contributed by atoms with E-state index in [1.807, 2.05) is 12.1 Å². The maximum absolute atomic E-state index is 6.31. The summed E-state index contributed by atoms with van der Waals surface area (Å²) in [6.45, 7) is 3.93. The lowest BCUT2D eigenvalue weighted by Gasteiger charge is -2.30. The number of benzene rings is 1. The fourth-order valence-electron chi connectivity index (χ4n) is 2.62. The van der Waals surface area contributed by atoms with Crippen LogP contribution in [0.15, 0.2) is 18.2 Å². The molecule has 2 N–H and O–H groups in total. The standard InChI is InChI=1S/C16H23ClN2O.ClH/c17-15-9-13(10-19-7-5-14(18)6-8-19)3-4-16(15)20-11-12-1-2-12;/h3-4,9,12,14H,1-2,5-8,10-11,18H2;1H. The first kappa shape index (κ1) is 16.9. The molecule has 2 aliphatic rings. The van der Waals surface area contributed by atoms with Crippen molar-refractivity contribution in [2.75, 3.05) is 19.7 Å². The van der Waals surface area contributed by atoms with E-state index >= 15 is 0 Å². The molecule has 3 rings (SSSR count). The summed E-state index contributed by atoms with van der Waals surface area (Å²) in [5.74, 6) is 1.58. The van der Waals surface area contributed by atoms with Crippen molar-refractivity contribution < 1.29 is 4.74 Å². The SMILES string of the molecule is Cl.NC1CCN(Cc2ccc(OCC3CC3)c(Cl)c2)CC1. The largest absolute Gasteiger partial charge is 0.492 e. The highest BCUT2D eigenvalue weighted by molar-refractivity contribution is 6.32. The monoisotopic (exact) mass is 330 g/mol. The Morgan fingerprint density at radius 3 is 2.52 bits per heavy atom. The highest BCUT2D eigenvalue weighted by atomic mass is 35.5. The van der Waals surface area contributed by atoms with Crippen molar-refractivity contribution in [1.82, 2.24) is 4.90 Å². The topological polar surface area (TPSA) is 38.5 Å². The molecule has 5 heteroatoms. The number of likely N-dealkylation sites (tertiary alicyclic amines) is 1. The Bertz CT molecular complexity index is 458. The number of halogens is 2. The molecule has 0 aromatic heterocycles. The average Bonchev–Trinajstić information content (AvgIpc) is 3.25. The van der Waals surface area contributed by atoms with Gasteiger partial charge in [0.2, 0.25) is 0 Å². The smallest absolute Gasteiger partial charge is 0.137 e. The van der Waals surface area contributed by atoms with Crippen LogP contribution in [0.1, 0.15) is 31.2 Å². The van der Waals surface area contributed by atoms with Crippen molar-refractivity contribution in [2.24, 2.45) is 11.7 Å². The summed E-state index contributed by atoms with van der Waals surface area (Å²) in [7, 11) is 0. The third-order valence-electron chi connectivity index (χ3n) is 4.21. The van der Waals surface area contributed by atoms with E-state index in [4.69, 9.17) is 22.1 Å². The molecule has 3 nitrogen and oxygen atoms in total. The second-order valence-electron chi connectivity index (χ2n) is 6.13. The van der Waals surface area contributed by atoms with Crippen LogP contribution in [0, 0.1) is 5.92 Å². The molecule has 0 amide bonds. The molecule has 0 spiro atoms. The summed E-state index contributed by atoms with van der Waals surface area (Å²) >= 11 is 6.31. The molecule has 1 saturated heterocycles. The predicted molar refractivity (Wildman–Crippen MR) is 89.4 cm³/mol. The fraction of sp³-hybridized carbons (Fsp3) is 0.625. The average molecular weight is 331 g/mol. The van der Waals surface area contributed by atoms with Gasteiger partial charge in [-0.3, -0.25) is 4.90 Å². The highest BCUT2D eigenvalue weighted by Crippen LogP contribution is 2.32. The summed E-state index contributed by atoms with van der Waals surface area (Å²) in [6.07, 6.45) is 4.78. The zero-order valence-corrected chi connectivity index (χ0v) is 13.8. The quantitative estimate of drug-likeness (QED) is 0.898. The van der Waals surface area contributed by atoms with Crippen molar-refractivity contribution in [3.63, 3.8) is 0 Å². The molecule has 118 valence electrons. The van der Waals surface area contributed by atoms with E-state index in [9.17, 15) is 0 Å². The van der Waals surface area contributed by atoms with Gasteiger partial charge in [0.15, 0.2) is 0 Å². The van der Waals surface area contributed by atoms with Gasteiger partial charge in [-0.05, 0) is 62.4 Å². The van der Waals surface area contributed by atoms with Crippen LogP contribution in [-0.4, -0.2) is 30.6 Å². The van der Waals surface area contributed by atoms with Crippen molar-refractivity contribution >= 4 is 24.0 Å². The van der Waals surface area contributed by atoms with Gasteiger partial charge in [0.1, 0.15) is 5.75 Å².